The summed E-state index contributed by atoms with van der Waals surface area (Å²) in [5.41, 5.74) is 6.80. The van der Waals surface area contributed by atoms with Crippen molar-refractivity contribution in [1.29, 1.82) is 0 Å². The molecule has 0 aliphatic rings. The van der Waals surface area contributed by atoms with E-state index >= 15 is 0 Å². The van der Waals surface area contributed by atoms with Crippen LogP contribution < -0.4 is 11.1 Å². The van der Waals surface area contributed by atoms with E-state index in [1.54, 1.807) is 24.3 Å². The van der Waals surface area contributed by atoms with Gasteiger partial charge in [-0.2, -0.15) is 0 Å². The first-order chi connectivity index (χ1) is 11.0. The van der Waals surface area contributed by atoms with Gasteiger partial charge in [0.15, 0.2) is 0 Å². The highest BCUT2D eigenvalue weighted by molar-refractivity contribution is 7.13. The summed E-state index contributed by atoms with van der Waals surface area (Å²) in [4.78, 5) is 29.2. The summed E-state index contributed by atoms with van der Waals surface area (Å²) in [5.74, 6) is -0.895. The highest BCUT2D eigenvalue weighted by Crippen LogP contribution is 2.21. The van der Waals surface area contributed by atoms with E-state index in [4.69, 9.17) is 5.73 Å². The van der Waals surface area contributed by atoms with Crippen molar-refractivity contribution in [3.63, 3.8) is 0 Å². The third kappa shape index (κ3) is 4.39. The first-order valence-electron chi connectivity index (χ1n) is 7.64. The molecule has 3 N–H and O–H groups in total. The number of benzene rings is 1. The van der Waals surface area contributed by atoms with Crippen molar-refractivity contribution >= 4 is 23.2 Å². The molecule has 1 atom stereocenters. The number of carbonyl (C=O) groups excluding carboxylic acids is 2. The van der Waals surface area contributed by atoms with Gasteiger partial charge in [-0.3, -0.25) is 9.59 Å². The van der Waals surface area contributed by atoms with Crippen molar-refractivity contribution < 1.29 is 9.59 Å². The minimum atomic E-state index is -0.843. The fraction of sp³-hybridized carbons (Fsp3) is 0.353. The second kappa shape index (κ2) is 7.87. The van der Waals surface area contributed by atoms with Gasteiger partial charge in [0.25, 0.3) is 5.91 Å². The molecule has 0 aliphatic heterocycles. The number of aromatic nitrogens is 1. The Kier molecular flexibility index (Phi) is 5.87. The first-order valence-corrected chi connectivity index (χ1v) is 8.46. The Hall–Kier alpha value is -2.21. The molecule has 2 aromatic rings. The average molecular weight is 331 g/mol. The predicted molar refractivity (Wildman–Crippen MR) is 91.3 cm³/mol. The second-order valence-electron chi connectivity index (χ2n) is 5.35. The summed E-state index contributed by atoms with van der Waals surface area (Å²) in [7, 11) is 0. The quantitative estimate of drug-likeness (QED) is 0.818. The van der Waals surface area contributed by atoms with E-state index in [9.17, 15) is 9.59 Å². The van der Waals surface area contributed by atoms with Gasteiger partial charge in [0.1, 0.15) is 10.9 Å². The summed E-state index contributed by atoms with van der Waals surface area (Å²) in [6.07, 6.45) is 2.99. The Labute approximate surface area is 139 Å². The maximum Gasteiger partial charge on any atom is 0.264 e. The van der Waals surface area contributed by atoms with Crippen molar-refractivity contribution in [2.24, 2.45) is 5.73 Å². The van der Waals surface area contributed by atoms with Crippen LogP contribution in [0.1, 0.15) is 51.7 Å². The molecule has 0 spiro atoms. The van der Waals surface area contributed by atoms with Gasteiger partial charge in [-0.05, 0) is 25.3 Å². The van der Waals surface area contributed by atoms with Crippen LogP contribution in [0.3, 0.4) is 0 Å². The number of nitrogens with zero attached hydrogens (tertiary/aromatic N) is 1. The zero-order valence-electron chi connectivity index (χ0n) is 13.3. The Bertz CT molecular complexity index is 682. The van der Waals surface area contributed by atoms with Gasteiger partial charge in [-0.1, -0.05) is 43.7 Å². The lowest BCUT2D eigenvalue weighted by molar-refractivity contribution is -0.120. The molecule has 1 unspecified atom stereocenters. The van der Waals surface area contributed by atoms with Crippen molar-refractivity contribution in [1.82, 2.24) is 10.3 Å². The normalized spacial score (nSPS) is 11.9. The summed E-state index contributed by atoms with van der Waals surface area (Å²) < 4.78 is 0. The lowest BCUT2D eigenvalue weighted by atomic mass is 10.1. The molecule has 2 rings (SSSR count). The highest BCUT2D eigenvalue weighted by Gasteiger charge is 2.23. The van der Waals surface area contributed by atoms with E-state index in [0.29, 0.717) is 16.1 Å². The monoisotopic (exact) mass is 331 g/mol. The summed E-state index contributed by atoms with van der Waals surface area (Å²) >= 11 is 1.38. The number of carbonyl (C=O) groups is 2. The average Bonchev–Trinajstić information content (AvgIpc) is 2.92. The van der Waals surface area contributed by atoms with E-state index < -0.39 is 11.9 Å². The molecule has 0 bridgehead atoms. The smallest absolute Gasteiger partial charge is 0.264 e. The van der Waals surface area contributed by atoms with Crippen LogP contribution in [-0.4, -0.2) is 16.8 Å². The van der Waals surface area contributed by atoms with Gasteiger partial charge in [-0.25, -0.2) is 4.98 Å². The van der Waals surface area contributed by atoms with E-state index in [1.807, 2.05) is 13.0 Å². The molecule has 6 heteroatoms. The van der Waals surface area contributed by atoms with Gasteiger partial charge >= 0.3 is 0 Å². The number of amides is 2. The third-order valence-corrected chi connectivity index (χ3v) is 4.70. The van der Waals surface area contributed by atoms with Crippen LogP contribution in [0.5, 0.6) is 0 Å². The molecule has 1 aromatic carbocycles. The van der Waals surface area contributed by atoms with Crippen LogP contribution in [0, 0.1) is 6.92 Å². The van der Waals surface area contributed by atoms with E-state index in [2.05, 4.69) is 17.2 Å². The van der Waals surface area contributed by atoms with E-state index in [0.717, 1.165) is 24.3 Å². The van der Waals surface area contributed by atoms with Crippen molar-refractivity contribution in [3.8, 4) is 0 Å². The van der Waals surface area contributed by atoms with Gasteiger partial charge < -0.3 is 11.1 Å². The Morgan fingerprint density at radius 2 is 2.00 bits per heavy atom. The van der Waals surface area contributed by atoms with Crippen molar-refractivity contribution in [3.05, 3.63) is 51.5 Å². The lowest BCUT2D eigenvalue weighted by Gasteiger charge is -2.15. The minimum absolute atomic E-state index is 0.310. The second-order valence-corrected chi connectivity index (χ2v) is 6.43. The van der Waals surface area contributed by atoms with Crippen LogP contribution in [0.4, 0.5) is 0 Å². The van der Waals surface area contributed by atoms with E-state index in [1.165, 1.54) is 11.3 Å². The molecule has 23 heavy (non-hydrogen) atoms. The van der Waals surface area contributed by atoms with Crippen molar-refractivity contribution in [2.75, 3.05) is 0 Å². The number of hydrogen-bond donors (Lipinski definition) is 2. The number of aryl methyl sites for hydroxylation is 2. The fourth-order valence-electron chi connectivity index (χ4n) is 2.26. The Morgan fingerprint density at radius 1 is 1.30 bits per heavy atom. The summed E-state index contributed by atoms with van der Waals surface area (Å²) in [5, 5.41) is 3.67. The molecule has 0 saturated carbocycles. The van der Waals surface area contributed by atoms with Gasteiger partial charge in [0.2, 0.25) is 5.91 Å². The van der Waals surface area contributed by atoms with Gasteiger partial charge in [0, 0.05) is 0 Å². The number of thiazole rings is 1. The van der Waals surface area contributed by atoms with Crippen LogP contribution in [-0.2, 0) is 11.2 Å². The SMILES string of the molecule is CCCCc1nc(C)c(C(=O)NC(C(N)=O)c2ccccc2)s1. The lowest BCUT2D eigenvalue weighted by Crippen LogP contribution is -2.37. The number of hydrogen-bond acceptors (Lipinski definition) is 4. The molecule has 0 saturated heterocycles. The van der Waals surface area contributed by atoms with Crippen LogP contribution in [0.15, 0.2) is 30.3 Å². The Balaban J connectivity index is 2.16. The molecule has 2 amide bonds. The zero-order valence-corrected chi connectivity index (χ0v) is 14.2. The topological polar surface area (TPSA) is 85.1 Å². The Morgan fingerprint density at radius 3 is 2.61 bits per heavy atom. The van der Waals surface area contributed by atoms with Gasteiger partial charge in [-0.15, -0.1) is 11.3 Å². The number of unbranched alkanes of at least 4 members (excludes halogenated alkanes) is 1. The fourth-order valence-corrected chi connectivity index (χ4v) is 3.27. The molecule has 1 heterocycles. The van der Waals surface area contributed by atoms with E-state index in [-0.39, 0.29) is 5.91 Å². The summed E-state index contributed by atoms with van der Waals surface area (Å²) in [6.45, 7) is 3.92. The maximum atomic E-state index is 12.5. The standard InChI is InChI=1S/C17H21N3O2S/c1-3-4-10-13-19-11(2)15(23-13)17(22)20-14(16(18)21)12-8-6-5-7-9-12/h5-9,14H,3-4,10H2,1-2H3,(H2,18,21)(H,20,22). The predicted octanol–water partition coefficient (Wildman–Crippen LogP) is 2.75. The molecule has 0 fully saturated rings. The van der Waals surface area contributed by atoms with Crippen molar-refractivity contribution in [2.45, 2.75) is 39.2 Å². The van der Waals surface area contributed by atoms with Crippen LogP contribution >= 0.6 is 11.3 Å². The third-order valence-electron chi connectivity index (χ3n) is 3.48. The molecule has 0 aliphatic carbocycles. The molecule has 122 valence electrons. The molecule has 0 radical (unpaired) electrons. The van der Waals surface area contributed by atoms with Crippen LogP contribution in [0.25, 0.3) is 0 Å². The summed E-state index contributed by atoms with van der Waals surface area (Å²) in [6, 6.07) is 8.14. The number of nitrogens with one attached hydrogen (secondary N) is 1. The number of nitrogens with two attached hydrogens (primary N) is 1. The number of primary amides is 1. The van der Waals surface area contributed by atoms with Gasteiger partial charge in [0.05, 0.1) is 10.7 Å². The molecule has 5 nitrogen and oxygen atoms in total. The number of rotatable bonds is 7. The largest absolute Gasteiger partial charge is 0.368 e. The first kappa shape index (κ1) is 17.1. The zero-order chi connectivity index (χ0) is 16.8. The maximum absolute atomic E-state index is 12.5. The minimum Gasteiger partial charge on any atom is -0.368 e. The molecular formula is C17H21N3O2S. The van der Waals surface area contributed by atoms with Crippen LogP contribution in [0.2, 0.25) is 0 Å². The molecular weight excluding hydrogens is 310 g/mol. The highest BCUT2D eigenvalue weighted by atomic mass is 32.1. The molecule has 1 aromatic heterocycles.